The molecule has 3 rings (SSSR count). The molecule has 1 unspecified atom stereocenters. The van der Waals surface area contributed by atoms with E-state index in [-0.39, 0.29) is 23.8 Å². The van der Waals surface area contributed by atoms with Crippen molar-refractivity contribution in [3.63, 3.8) is 0 Å². The van der Waals surface area contributed by atoms with Gasteiger partial charge in [0.15, 0.2) is 0 Å². The van der Waals surface area contributed by atoms with Crippen molar-refractivity contribution in [2.75, 3.05) is 25.0 Å². The minimum Gasteiger partial charge on any atom is -0.356 e. The van der Waals surface area contributed by atoms with Gasteiger partial charge in [0.05, 0.1) is 0 Å². The minimum atomic E-state index is -0.370. The van der Waals surface area contributed by atoms with Crippen molar-refractivity contribution in [3.05, 3.63) is 65.2 Å². The third kappa shape index (κ3) is 6.67. The van der Waals surface area contributed by atoms with Crippen LogP contribution in [-0.4, -0.2) is 36.3 Å². The van der Waals surface area contributed by atoms with Crippen LogP contribution in [-0.2, 0) is 9.59 Å². The minimum absolute atomic E-state index is 0.0244. The second-order valence-corrected chi connectivity index (χ2v) is 8.99. The van der Waals surface area contributed by atoms with Gasteiger partial charge in [0.25, 0.3) is 0 Å². The summed E-state index contributed by atoms with van der Waals surface area (Å²) in [4.78, 5) is 28.2. The van der Waals surface area contributed by atoms with E-state index in [1.807, 2.05) is 56.3 Å². The van der Waals surface area contributed by atoms with Crippen molar-refractivity contribution in [1.29, 1.82) is 0 Å². The molecule has 2 amide bonds. The summed E-state index contributed by atoms with van der Waals surface area (Å²) in [7, 11) is 0. The monoisotopic (exact) mass is 435 g/mol. The molecule has 1 atom stereocenters. The van der Waals surface area contributed by atoms with Gasteiger partial charge in [-0.25, -0.2) is 0 Å². The molecule has 0 spiro atoms. The molecule has 1 aliphatic heterocycles. The molecule has 1 heterocycles. The number of aryl methyl sites for hydroxylation is 2. The largest absolute Gasteiger partial charge is 0.356 e. The number of carbonyl (C=O) groups is 2. The fourth-order valence-electron chi connectivity index (χ4n) is 4.57. The summed E-state index contributed by atoms with van der Waals surface area (Å²) in [5.74, 6) is 0.173. The summed E-state index contributed by atoms with van der Waals surface area (Å²) in [6.45, 7) is 8.46. The second kappa shape index (κ2) is 11.8. The van der Waals surface area contributed by atoms with Crippen LogP contribution in [0.4, 0.5) is 5.69 Å². The Bertz CT molecular complexity index is 869. The van der Waals surface area contributed by atoms with Crippen LogP contribution in [0.25, 0.3) is 0 Å². The topological polar surface area (TPSA) is 61.4 Å². The van der Waals surface area contributed by atoms with Gasteiger partial charge in [0.2, 0.25) is 11.8 Å². The number of amides is 2. The van der Waals surface area contributed by atoms with Crippen LogP contribution in [0.15, 0.2) is 48.5 Å². The molecule has 2 aromatic rings. The Labute approximate surface area is 192 Å². The maximum absolute atomic E-state index is 13.4. The van der Waals surface area contributed by atoms with Gasteiger partial charge in [-0.15, -0.1) is 0 Å². The molecule has 1 fully saturated rings. The highest BCUT2D eigenvalue weighted by Crippen LogP contribution is 2.29. The fourth-order valence-corrected chi connectivity index (χ4v) is 4.57. The first kappa shape index (κ1) is 24.0. The maximum atomic E-state index is 13.4. The summed E-state index contributed by atoms with van der Waals surface area (Å²) < 4.78 is 0. The van der Waals surface area contributed by atoms with E-state index < -0.39 is 0 Å². The molecule has 0 radical (unpaired) electrons. The smallest absolute Gasteiger partial charge is 0.246 e. The zero-order valence-corrected chi connectivity index (χ0v) is 19.7. The highest BCUT2D eigenvalue weighted by molar-refractivity contribution is 5.95. The standard InChI is InChI=1S/C27H37N3O2/c1-4-5-9-14-28-26(31)23-12-15-30(16-13-23)25(22-10-7-6-8-11-22)27(32)29-24-18-20(2)17-21(3)19-24/h6-8,10-11,17-19,23,25H,4-5,9,12-16H2,1-3H3,(H,28,31)(H,29,32). The van der Waals surface area contributed by atoms with E-state index in [4.69, 9.17) is 0 Å². The third-order valence-electron chi connectivity index (χ3n) is 6.20. The number of rotatable bonds is 9. The molecule has 2 N–H and O–H groups in total. The predicted molar refractivity (Wildman–Crippen MR) is 131 cm³/mol. The van der Waals surface area contributed by atoms with Crippen molar-refractivity contribution >= 4 is 17.5 Å². The van der Waals surface area contributed by atoms with Gasteiger partial charge in [-0.3, -0.25) is 14.5 Å². The van der Waals surface area contributed by atoms with Gasteiger partial charge in [-0.05, 0) is 75.0 Å². The average Bonchev–Trinajstić information content (AvgIpc) is 2.77. The first-order valence-electron chi connectivity index (χ1n) is 11.9. The SMILES string of the molecule is CCCCCNC(=O)C1CCN(C(C(=O)Nc2cc(C)cc(C)c2)c2ccccc2)CC1. The molecule has 5 nitrogen and oxygen atoms in total. The Morgan fingerprint density at radius 2 is 1.66 bits per heavy atom. The fraction of sp³-hybridized carbons (Fsp3) is 0.481. The molecule has 0 saturated carbocycles. The molecule has 5 heteroatoms. The number of likely N-dealkylation sites (tertiary alicyclic amines) is 1. The Kier molecular flexibility index (Phi) is 8.86. The zero-order valence-electron chi connectivity index (χ0n) is 19.7. The molecule has 0 bridgehead atoms. The normalized spacial score (nSPS) is 15.8. The molecule has 0 aromatic heterocycles. The molecule has 32 heavy (non-hydrogen) atoms. The average molecular weight is 436 g/mol. The highest BCUT2D eigenvalue weighted by atomic mass is 16.2. The molecular formula is C27H37N3O2. The summed E-state index contributed by atoms with van der Waals surface area (Å²) in [5.41, 5.74) is 4.07. The van der Waals surface area contributed by atoms with Crippen LogP contribution in [0.3, 0.4) is 0 Å². The highest BCUT2D eigenvalue weighted by Gasteiger charge is 2.33. The van der Waals surface area contributed by atoms with E-state index in [0.29, 0.717) is 0 Å². The number of hydrogen-bond acceptors (Lipinski definition) is 3. The van der Waals surface area contributed by atoms with Crippen LogP contribution in [0.1, 0.15) is 61.8 Å². The number of benzene rings is 2. The molecular weight excluding hydrogens is 398 g/mol. The maximum Gasteiger partial charge on any atom is 0.246 e. The van der Waals surface area contributed by atoms with Gasteiger partial charge >= 0.3 is 0 Å². The van der Waals surface area contributed by atoms with E-state index in [1.165, 1.54) is 0 Å². The first-order chi connectivity index (χ1) is 15.5. The lowest BCUT2D eigenvalue weighted by Crippen LogP contribution is -2.45. The van der Waals surface area contributed by atoms with Crippen molar-refractivity contribution in [2.45, 2.75) is 58.9 Å². The van der Waals surface area contributed by atoms with Crippen molar-refractivity contribution in [2.24, 2.45) is 5.92 Å². The number of anilines is 1. The van der Waals surface area contributed by atoms with Gasteiger partial charge in [-0.1, -0.05) is 56.2 Å². The summed E-state index contributed by atoms with van der Waals surface area (Å²) in [5, 5.41) is 6.23. The molecule has 1 aliphatic rings. The quantitative estimate of drug-likeness (QED) is 0.545. The summed E-state index contributed by atoms with van der Waals surface area (Å²) in [6, 6.07) is 15.7. The van der Waals surface area contributed by atoms with Gasteiger partial charge in [0.1, 0.15) is 6.04 Å². The first-order valence-corrected chi connectivity index (χ1v) is 11.9. The number of piperidine rings is 1. The molecule has 1 saturated heterocycles. The summed E-state index contributed by atoms with van der Waals surface area (Å²) >= 11 is 0. The second-order valence-electron chi connectivity index (χ2n) is 8.99. The number of hydrogen-bond donors (Lipinski definition) is 2. The number of carbonyl (C=O) groups excluding carboxylic acids is 2. The lowest BCUT2D eigenvalue weighted by Gasteiger charge is -2.36. The van der Waals surface area contributed by atoms with Crippen LogP contribution in [0.2, 0.25) is 0 Å². The summed E-state index contributed by atoms with van der Waals surface area (Å²) in [6.07, 6.45) is 4.89. The van der Waals surface area contributed by atoms with Crippen molar-refractivity contribution in [1.82, 2.24) is 10.2 Å². The van der Waals surface area contributed by atoms with Crippen molar-refractivity contribution in [3.8, 4) is 0 Å². The Morgan fingerprint density at radius 3 is 2.28 bits per heavy atom. The van der Waals surface area contributed by atoms with Gasteiger partial charge < -0.3 is 10.6 Å². The van der Waals surface area contributed by atoms with Crippen LogP contribution < -0.4 is 10.6 Å². The van der Waals surface area contributed by atoms with E-state index in [9.17, 15) is 9.59 Å². The molecule has 0 aliphatic carbocycles. The molecule has 172 valence electrons. The zero-order chi connectivity index (χ0) is 22.9. The predicted octanol–water partition coefficient (Wildman–Crippen LogP) is 5.00. The number of unbranched alkanes of at least 4 members (excludes halogenated alkanes) is 2. The molecule has 2 aromatic carbocycles. The van der Waals surface area contributed by atoms with Crippen LogP contribution in [0, 0.1) is 19.8 Å². The lowest BCUT2D eigenvalue weighted by atomic mass is 9.93. The van der Waals surface area contributed by atoms with Crippen LogP contribution in [0.5, 0.6) is 0 Å². The van der Waals surface area contributed by atoms with E-state index >= 15 is 0 Å². The van der Waals surface area contributed by atoms with E-state index in [0.717, 1.165) is 74.1 Å². The van der Waals surface area contributed by atoms with Crippen molar-refractivity contribution < 1.29 is 9.59 Å². The number of nitrogens with one attached hydrogen (secondary N) is 2. The van der Waals surface area contributed by atoms with E-state index in [1.54, 1.807) is 0 Å². The van der Waals surface area contributed by atoms with Crippen LogP contribution >= 0.6 is 0 Å². The van der Waals surface area contributed by atoms with E-state index in [2.05, 4.69) is 28.5 Å². The number of nitrogens with zero attached hydrogens (tertiary/aromatic N) is 1. The third-order valence-corrected chi connectivity index (χ3v) is 6.20. The Morgan fingerprint density at radius 1 is 1.00 bits per heavy atom. The van der Waals surface area contributed by atoms with Gasteiger partial charge in [-0.2, -0.15) is 0 Å². The van der Waals surface area contributed by atoms with Gasteiger partial charge in [0, 0.05) is 18.2 Å². The lowest BCUT2D eigenvalue weighted by molar-refractivity contribution is -0.127. The Hall–Kier alpha value is -2.66. The Balaban J connectivity index is 1.67.